The van der Waals surface area contributed by atoms with Crippen molar-refractivity contribution in [3.05, 3.63) is 192 Å². The van der Waals surface area contributed by atoms with Gasteiger partial charge in [-0.3, -0.25) is 0 Å². The lowest BCUT2D eigenvalue weighted by molar-refractivity contribution is 0.729. The average molecular weight is 653 g/mol. The van der Waals surface area contributed by atoms with Crippen molar-refractivity contribution in [2.75, 3.05) is 0 Å². The van der Waals surface area contributed by atoms with Gasteiger partial charge >= 0.3 is 0 Å². The van der Waals surface area contributed by atoms with Crippen molar-refractivity contribution in [1.82, 2.24) is 9.97 Å². The van der Waals surface area contributed by atoms with Crippen LogP contribution in [0.15, 0.2) is 180 Å². The van der Waals surface area contributed by atoms with E-state index < -0.39 is 5.41 Å². The molecule has 11 rings (SSSR count). The van der Waals surface area contributed by atoms with E-state index in [4.69, 9.17) is 9.97 Å². The minimum absolute atomic E-state index is 0.517. The van der Waals surface area contributed by atoms with Gasteiger partial charge < -0.3 is 0 Å². The van der Waals surface area contributed by atoms with Crippen molar-refractivity contribution < 1.29 is 0 Å². The predicted molar refractivity (Wildman–Crippen MR) is 207 cm³/mol. The number of nitrogens with zero attached hydrogens (tertiary/aromatic N) is 2. The highest BCUT2D eigenvalue weighted by atomic mass is 32.2. The number of benzene rings is 8. The first-order valence-electron chi connectivity index (χ1n) is 17.1. The van der Waals surface area contributed by atoms with E-state index in [9.17, 15) is 0 Å². The van der Waals surface area contributed by atoms with E-state index in [2.05, 4.69) is 152 Å². The number of rotatable bonds is 2. The van der Waals surface area contributed by atoms with Gasteiger partial charge in [-0.05, 0) is 67.1 Å². The van der Waals surface area contributed by atoms with E-state index in [-0.39, 0.29) is 0 Å². The largest absolute Gasteiger partial charge is 0.228 e. The molecule has 0 atom stereocenters. The van der Waals surface area contributed by atoms with Crippen LogP contribution in [0.2, 0.25) is 0 Å². The third kappa shape index (κ3) is 3.76. The highest BCUT2D eigenvalue weighted by molar-refractivity contribution is 8.00. The Balaban J connectivity index is 1.27. The second-order valence-corrected chi connectivity index (χ2v) is 14.3. The van der Waals surface area contributed by atoms with Crippen molar-refractivity contribution in [2.24, 2.45) is 0 Å². The molecule has 2 nitrogen and oxygen atoms in total. The summed E-state index contributed by atoms with van der Waals surface area (Å²) in [5, 5.41) is 6.17. The molecule has 8 aromatic carbocycles. The molecular weight excluding hydrogens is 625 g/mol. The van der Waals surface area contributed by atoms with Gasteiger partial charge in [0.15, 0.2) is 5.82 Å². The Kier molecular flexibility index (Phi) is 5.84. The molecule has 0 bridgehead atoms. The minimum Gasteiger partial charge on any atom is -0.228 e. The zero-order valence-electron chi connectivity index (χ0n) is 27.0. The van der Waals surface area contributed by atoms with E-state index in [1.54, 1.807) is 0 Å². The molecule has 232 valence electrons. The summed E-state index contributed by atoms with van der Waals surface area (Å²) < 4.78 is 0. The smallest absolute Gasteiger partial charge is 0.160 e. The molecular formula is C47H28N2S. The molecule has 0 saturated carbocycles. The molecule has 3 heteroatoms. The molecule has 0 radical (unpaired) electrons. The molecule has 0 fully saturated rings. The molecule has 2 aliphatic rings. The first-order chi connectivity index (χ1) is 24.8. The van der Waals surface area contributed by atoms with Gasteiger partial charge in [-0.2, -0.15) is 0 Å². The third-order valence-electron chi connectivity index (χ3n) is 10.7. The Hall–Kier alpha value is -6.03. The predicted octanol–water partition coefficient (Wildman–Crippen LogP) is 12.1. The van der Waals surface area contributed by atoms with Crippen molar-refractivity contribution in [3.8, 4) is 33.8 Å². The lowest BCUT2D eigenvalue weighted by atomic mass is 9.66. The van der Waals surface area contributed by atoms with Crippen LogP contribution in [0.25, 0.3) is 66.2 Å². The van der Waals surface area contributed by atoms with Crippen molar-refractivity contribution in [3.63, 3.8) is 0 Å². The first-order valence-corrected chi connectivity index (χ1v) is 17.9. The second-order valence-electron chi connectivity index (χ2n) is 13.3. The number of aromatic nitrogens is 2. The van der Waals surface area contributed by atoms with Crippen LogP contribution in [0.4, 0.5) is 0 Å². The van der Waals surface area contributed by atoms with Gasteiger partial charge in [-0.1, -0.05) is 169 Å². The Morgan fingerprint density at radius 3 is 1.74 bits per heavy atom. The summed E-state index contributed by atoms with van der Waals surface area (Å²) in [7, 11) is 0. The molecule has 1 aliphatic carbocycles. The normalized spacial score (nSPS) is 13.7. The fraction of sp³-hybridized carbons (Fsp3) is 0.0213. The summed E-state index contributed by atoms with van der Waals surface area (Å²) in [6.45, 7) is 0. The fourth-order valence-electron chi connectivity index (χ4n) is 8.56. The summed E-state index contributed by atoms with van der Waals surface area (Å²) in [6, 6.07) is 61.9. The maximum atomic E-state index is 5.30. The molecule has 1 aromatic heterocycles. The highest BCUT2D eigenvalue weighted by Gasteiger charge is 2.51. The number of para-hydroxylation sites is 1. The van der Waals surface area contributed by atoms with Crippen LogP contribution < -0.4 is 0 Å². The van der Waals surface area contributed by atoms with Crippen molar-refractivity contribution in [1.29, 1.82) is 0 Å². The van der Waals surface area contributed by atoms with Crippen LogP contribution >= 0.6 is 11.8 Å². The van der Waals surface area contributed by atoms with Crippen LogP contribution in [0.3, 0.4) is 0 Å². The topological polar surface area (TPSA) is 25.8 Å². The Morgan fingerprint density at radius 1 is 0.400 bits per heavy atom. The van der Waals surface area contributed by atoms with Gasteiger partial charge in [0.1, 0.15) is 0 Å². The number of fused-ring (bicyclic) bond motifs is 14. The van der Waals surface area contributed by atoms with Crippen LogP contribution in [-0.2, 0) is 5.41 Å². The summed E-state index contributed by atoms with van der Waals surface area (Å²) in [6.07, 6.45) is 0. The summed E-state index contributed by atoms with van der Waals surface area (Å²) in [5.74, 6) is 0.737. The zero-order valence-corrected chi connectivity index (χ0v) is 27.8. The standard InChI is InChI=1S/C47H28N2S/c1-2-14-31(15-3-1)46-48-42-21-11-9-19-37(42)43(49-46)32-22-25-36-35-18-8-10-20-38(35)47(41(36)28-32)39-26-23-29-12-4-6-16-33(29)44(39)50-45-34-17-7-5-13-30(34)24-27-40(45)47/h1-28H. The maximum absolute atomic E-state index is 5.30. The van der Waals surface area contributed by atoms with E-state index in [1.807, 2.05) is 30.0 Å². The molecule has 0 amide bonds. The highest BCUT2D eigenvalue weighted by Crippen LogP contribution is 2.64. The summed E-state index contributed by atoms with van der Waals surface area (Å²) >= 11 is 1.93. The maximum Gasteiger partial charge on any atom is 0.160 e. The molecule has 2 heterocycles. The minimum atomic E-state index is -0.517. The van der Waals surface area contributed by atoms with Crippen LogP contribution in [0, 0.1) is 0 Å². The molecule has 0 unspecified atom stereocenters. The van der Waals surface area contributed by atoms with Gasteiger partial charge in [0.25, 0.3) is 0 Å². The zero-order chi connectivity index (χ0) is 32.8. The van der Waals surface area contributed by atoms with Gasteiger partial charge in [-0.25, -0.2) is 9.97 Å². The molecule has 1 aliphatic heterocycles. The SMILES string of the molecule is c1ccc(-c2nc(-c3ccc4c(c3)C3(c5ccccc5-4)c4ccc5ccccc5c4Sc4c3ccc3ccccc43)c3ccccc3n2)cc1. The fourth-order valence-corrected chi connectivity index (χ4v) is 10.0. The van der Waals surface area contributed by atoms with Gasteiger partial charge in [0.05, 0.1) is 16.6 Å². The second kappa shape index (κ2) is 10.5. The van der Waals surface area contributed by atoms with Crippen molar-refractivity contribution in [2.45, 2.75) is 15.2 Å². The molecule has 0 N–H and O–H groups in total. The van der Waals surface area contributed by atoms with E-state index >= 15 is 0 Å². The monoisotopic (exact) mass is 652 g/mol. The van der Waals surface area contributed by atoms with Gasteiger partial charge in [0.2, 0.25) is 0 Å². The summed E-state index contributed by atoms with van der Waals surface area (Å²) in [5.41, 5.74) is 11.3. The van der Waals surface area contributed by atoms with Gasteiger partial charge in [-0.15, -0.1) is 0 Å². The Morgan fingerprint density at radius 2 is 1.00 bits per heavy atom. The van der Waals surface area contributed by atoms with Crippen LogP contribution in [0.5, 0.6) is 0 Å². The van der Waals surface area contributed by atoms with E-state index in [0.29, 0.717) is 0 Å². The van der Waals surface area contributed by atoms with E-state index in [1.165, 1.54) is 64.7 Å². The number of hydrogen-bond donors (Lipinski definition) is 0. The van der Waals surface area contributed by atoms with Crippen LogP contribution in [-0.4, -0.2) is 9.97 Å². The number of hydrogen-bond acceptors (Lipinski definition) is 3. The molecule has 0 saturated heterocycles. The van der Waals surface area contributed by atoms with Gasteiger partial charge in [0, 0.05) is 26.3 Å². The Bertz CT molecular complexity index is 2770. The lowest BCUT2D eigenvalue weighted by Gasteiger charge is -2.40. The lowest BCUT2D eigenvalue weighted by Crippen LogP contribution is -2.32. The Labute approximate surface area is 294 Å². The van der Waals surface area contributed by atoms with E-state index in [0.717, 1.165) is 33.5 Å². The third-order valence-corrected chi connectivity index (χ3v) is 12.0. The molecule has 1 spiro atoms. The summed E-state index contributed by atoms with van der Waals surface area (Å²) in [4.78, 5) is 13.0. The molecule has 9 aromatic rings. The molecule has 50 heavy (non-hydrogen) atoms. The quantitative estimate of drug-likeness (QED) is 0.186. The van der Waals surface area contributed by atoms with Crippen molar-refractivity contribution >= 4 is 44.2 Å². The van der Waals surface area contributed by atoms with Crippen LogP contribution in [0.1, 0.15) is 22.3 Å². The average Bonchev–Trinajstić information content (AvgIpc) is 3.47. The first kappa shape index (κ1) is 27.9.